The molecule has 1 atom stereocenters. The second-order valence-electron chi connectivity index (χ2n) is 7.61. The van der Waals surface area contributed by atoms with Crippen molar-refractivity contribution in [1.29, 1.82) is 0 Å². The second-order valence-corrected chi connectivity index (χ2v) is 7.61. The Balaban J connectivity index is 1.62. The first-order valence-corrected chi connectivity index (χ1v) is 9.69. The molecule has 0 spiro atoms. The highest BCUT2D eigenvalue weighted by atomic mass is 16.6. The van der Waals surface area contributed by atoms with Gasteiger partial charge in [0.15, 0.2) is 0 Å². The van der Waals surface area contributed by atoms with Crippen molar-refractivity contribution in [3.63, 3.8) is 0 Å². The third-order valence-electron chi connectivity index (χ3n) is 6.20. The van der Waals surface area contributed by atoms with Gasteiger partial charge >= 0.3 is 0 Å². The van der Waals surface area contributed by atoms with E-state index in [1.807, 2.05) is 6.07 Å². The molecule has 3 nitrogen and oxygen atoms in total. The molecule has 0 N–H and O–H groups in total. The van der Waals surface area contributed by atoms with Crippen molar-refractivity contribution in [3.05, 3.63) is 98.6 Å². The molecule has 0 aliphatic heterocycles. The van der Waals surface area contributed by atoms with E-state index in [1.165, 1.54) is 46.2 Å². The van der Waals surface area contributed by atoms with Gasteiger partial charge in [-0.25, -0.2) is 0 Å². The number of nitro groups is 1. The minimum Gasteiger partial charge on any atom is -0.258 e. The van der Waals surface area contributed by atoms with E-state index in [-0.39, 0.29) is 10.6 Å². The molecule has 0 bridgehead atoms. The number of benzene rings is 3. The monoisotopic (exact) mass is 355 g/mol. The fraction of sp³-hybridized carbons (Fsp3) is 0.250. The molecule has 2 aliphatic rings. The van der Waals surface area contributed by atoms with Crippen molar-refractivity contribution in [3.8, 4) is 11.1 Å². The van der Waals surface area contributed by atoms with Crippen LogP contribution in [0.4, 0.5) is 5.69 Å². The Hall–Kier alpha value is -2.94. The number of nitro benzene ring substituents is 1. The quantitative estimate of drug-likeness (QED) is 0.429. The predicted octanol–water partition coefficient (Wildman–Crippen LogP) is 5.83. The fourth-order valence-electron chi connectivity index (χ4n) is 4.96. The molecule has 5 rings (SSSR count). The molecule has 0 saturated heterocycles. The van der Waals surface area contributed by atoms with E-state index < -0.39 is 0 Å². The number of fused-ring (bicyclic) bond motifs is 5. The summed E-state index contributed by atoms with van der Waals surface area (Å²) in [7, 11) is 0. The van der Waals surface area contributed by atoms with Gasteiger partial charge in [-0.2, -0.15) is 0 Å². The summed E-state index contributed by atoms with van der Waals surface area (Å²) in [6.07, 6.45) is 5.43. The first-order chi connectivity index (χ1) is 13.2. The maximum Gasteiger partial charge on any atom is 0.269 e. The minimum atomic E-state index is -0.298. The Morgan fingerprint density at radius 2 is 1.67 bits per heavy atom. The van der Waals surface area contributed by atoms with Gasteiger partial charge < -0.3 is 0 Å². The molecule has 0 saturated carbocycles. The number of aryl methyl sites for hydroxylation is 1. The number of hydrogen-bond donors (Lipinski definition) is 0. The van der Waals surface area contributed by atoms with Crippen LogP contribution in [-0.4, -0.2) is 4.92 Å². The summed E-state index contributed by atoms with van der Waals surface area (Å²) in [5.41, 5.74) is 9.63. The average molecular weight is 355 g/mol. The highest BCUT2D eigenvalue weighted by Crippen LogP contribution is 2.44. The Morgan fingerprint density at radius 3 is 2.48 bits per heavy atom. The average Bonchev–Trinajstić information content (AvgIpc) is 2.73. The van der Waals surface area contributed by atoms with Crippen LogP contribution in [0.25, 0.3) is 11.1 Å². The zero-order valence-electron chi connectivity index (χ0n) is 15.2. The van der Waals surface area contributed by atoms with Gasteiger partial charge in [0.1, 0.15) is 0 Å². The molecule has 0 radical (unpaired) electrons. The van der Waals surface area contributed by atoms with Crippen LogP contribution < -0.4 is 0 Å². The second kappa shape index (κ2) is 6.34. The zero-order valence-corrected chi connectivity index (χ0v) is 15.2. The van der Waals surface area contributed by atoms with Crippen molar-refractivity contribution in [2.24, 2.45) is 0 Å². The zero-order chi connectivity index (χ0) is 18.4. The van der Waals surface area contributed by atoms with Crippen LogP contribution in [0.1, 0.15) is 46.6 Å². The molecule has 27 heavy (non-hydrogen) atoms. The highest BCUT2D eigenvalue weighted by Gasteiger charge is 2.28. The maximum absolute atomic E-state index is 11.1. The van der Waals surface area contributed by atoms with Gasteiger partial charge in [0.25, 0.3) is 5.69 Å². The van der Waals surface area contributed by atoms with Crippen LogP contribution in [-0.2, 0) is 19.3 Å². The SMILES string of the molecule is O=[N+]([O-])c1ccc2c(c1)CCc1c-2ccc2c1CCCC2c1ccccc1. The van der Waals surface area contributed by atoms with Crippen LogP contribution in [0.2, 0.25) is 0 Å². The molecular formula is C24H21NO2. The summed E-state index contributed by atoms with van der Waals surface area (Å²) in [5.74, 6) is 0.485. The molecule has 3 aromatic rings. The smallest absolute Gasteiger partial charge is 0.258 e. The topological polar surface area (TPSA) is 43.1 Å². The molecule has 0 amide bonds. The van der Waals surface area contributed by atoms with E-state index in [0.29, 0.717) is 5.92 Å². The van der Waals surface area contributed by atoms with Crippen molar-refractivity contribution >= 4 is 5.69 Å². The summed E-state index contributed by atoms with van der Waals surface area (Å²) in [5, 5.41) is 11.1. The van der Waals surface area contributed by atoms with Crippen molar-refractivity contribution in [2.45, 2.75) is 38.0 Å². The van der Waals surface area contributed by atoms with Gasteiger partial charge in [0.2, 0.25) is 0 Å². The van der Waals surface area contributed by atoms with Crippen molar-refractivity contribution < 1.29 is 4.92 Å². The van der Waals surface area contributed by atoms with E-state index in [9.17, 15) is 10.1 Å². The molecular weight excluding hydrogens is 334 g/mol. The minimum absolute atomic E-state index is 0.194. The molecule has 1 unspecified atom stereocenters. The lowest BCUT2D eigenvalue weighted by molar-refractivity contribution is -0.384. The first-order valence-electron chi connectivity index (χ1n) is 9.69. The Morgan fingerprint density at radius 1 is 0.852 bits per heavy atom. The molecule has 0 fully saturated rings. The van der Waals surface area contributed by atoms with Gasteiger partial charge in [-0.1, -0.05) is 42.5 Å². The van der Waals surface area contributed by atoms with Gasteiger partial charge in [-0.3, -0.25) is 10.1 Å². The van der Waals surface area contributed by atoms with Crippen LogP contribution in [0.5, 0.6) is 0 Å². The lowest BCUT2D eigenvalue weighted by Gasteiger charge is -2.31. The Bertz CT molecular complexity index is 1040. The van der Waals surface area contributed by atoms with Crippen LogP contribution in [0.3, 0.4) is 0 Å². The Labute approximate surface area is 158 Å². The molecule has 0 aromatic heterocycles. The molecule has 134 valence electrons. The number of rotatable bonds is 2. The van der Waals surface area contributed by atoms with E-state index in [4.69, 9.17) is 0 Å². The van der Waals surface area contributed by atoms with Gasteiger partial charge in [-0.15, -0.1) is 0 Å². The van der Waals surface area contributed by atoms with E-state index >= 15 is 0 Å². The summed E-state index contributed by atoms with van der Waals surface area (Å²) < 4.78 is 0. The van der Waals surface area contributed by atoms with Gasteiger partial charge in [-0.05, 0) is 77.1 Å². The third-order valence-corrected chi connectivity index (χ3v) is 6.20. The lowest BCUT2D eigenvalue weighted by atomic mass is 9.73. The summed E-state index contributed by atoms with van der Waals surface area (Å²) in [6, 6.07) is 20.7. The summed E-state index contributed by atoms with van der Waals surface area (Å²) >= 11 is 0. The van der Waals surface area contributed by atoms with E-state index in [2.05, 4.69) is 42.5 Å². The molecule has 2 aliphatic carbocycles. The van der Waals surface area contributed by atoms with E-state index in [1.54, 1.807) is 12.1 Å². The number of hydrogen-bond acceptors (Lipinski definition) is 2. The van der Waals surface area contributed by atoms with Crippen LogP contribution in [0, 0.1) is 10.1 Å². The largest absolute Gasteiger partial charge is 0.269 e. The molecule has 3 aromatic carbocycles. The standard InChI is InChI=1S/C24H21NO2/c26-25(27)18-10-12-20-17(15-18)9-11-24-21-8-4-7-19(16-5-2-1-3-6-16)22(21)13-14-23(20)24/h1-3,5-6,10,12-15,19H,4,7-9,11H2. The van der Waals surface area contributed by atoms with Crippen LogP contribution >= 0.6 is 0 Å². The Kier molecular flexibility index (Phi) is 3.82. The van der Waals surface area contributed by atoms with Crippen LogP contribution in [0.15, 0.2) is 60.7 Å². The highest BCUT2D eigenvalue weighted by molar-refractivity contribution is 5.76. The third kappa shape index (κ3) is 2.66. The summed E-state index contributed by atoms with van der Waals surface area (Å²) in [6.45, 7) is 0. The van der Waals surface area contributed by atoms with Crippen molar-refractivity contribution in [2.75, 3.05) is 0 Å². The van der Waals surface area contributed by atoms with Gasteiger partial charge in [0.05, 0.1) is 4.92 Å². The maximum atomic E-state index is 11.1. The lowest BCUT2D eigenvalue weighted by Crippen LogP contribution is -2.16. The summed E-state index contributed by atoms with van der Waals surface area (Å²) in [4.78, 5) is 10.8. The van der Waals surface area contributed by atoms with E-state index in [0.717, 1.165) is 24.8 Å². The molecule has 0 heterocycles. The number of non-ortho nitro benzene ring substituents is 1. The molecule has 3 heteroatoms. The normalized spacial score (nSPS) is 17.6. The predicted molar refractivity (Wildman–Crippen MR) is 107 cm³/mol. The fourth-order valence-corrected chi connectivity index (χ4v) is 4.96. The first kappa shape index (κ1) is 16.2. The van der Waals surface area contributed by atoms with Crippen molar-refractivity contribution in [1.82, 2.24) is 0 Å². The number of nitrogens with zero attached hydrogens (tertiary/aromatic N) is 1. The van der Waals surface area contributed by atoms with Gasteiger partial charge in [0, 0.05) is 18.1 Å².